The summed E-state index contributed by atoms with van der Waals surface area (Å²) in [6.45, 7) is 2.26. The van der Waals surface area contributed by atoms with Crippen molar-refractivity contribution in [2.24, 2.45) is 0 Å². The van der Waals surface area contributed by atoms with Gasteiger partial charge in [0.15, 0.2) is 5.65 Å². The van der Waals surface area contributed by atoms with E-state index < -0.39 is 0 Å². The maximum atomic E-state index is 12.3. The van der Waals surface area contributed by atoms with E-state index in [4.69, 9.17) is 0 Å². The molecule has 1 N–H and O–H groups in total. The highest BCUT2D eigenvalue weighted by molar-refractivity contribution is 7.11. The largest absolute Gasteiger partial charge is 0.345 e. The Bertz CT molecular complexity index is 880. The molecular weight excluding hydrogens is 324 g/mol. The Morgan fingerprint density at radius 1 is 1.33 bits per heavy atom. The summed E-state index contributed by atoms with van der Waals surface area (Å²) in [5, 5.41) is 12.5. The summed E-state index contributed by atoms with van der Waals surface area (Å²) in [7, 11) is 0. The number of imidazole rings is 1. The zero-order chi connectivity index (χ0) is 16.5. The maximum Gasteiger partial charge on any atom is 0.253 e. The predicted octanol–water partition coefficient (Wildman–Crippen LogP) is 2.64. The molecule has 0 atom stereocenters. The number of hydrogen-bond acceptors (Lipinski definition) is 6. The van der Waals surface area contributed by atoms with Gasteiger partial charge in [0.05, 0.1) is 18.4 Å². The van der Waals surface area contributed by atoms with Crippen LogP contribution in [0.4, 0.5) is 0 Å². The molecule has 0 spiro atoms. The van der Waals surface area contributed by atoms with Crippen LogP contribution in [-0.4, -0.2) is 30.6 Å². The van der Waals surface area contributed by atoms with Gasteiger partial charge in [-0.05, 0) is 25.8 Å². The number of nitrogens with zero attached hydrogens (tertiary/aromatic N) is 5. The molecule has 1 aliphatic carbocycles. The fourth-order valence-electron chi connectivity index (χ4n) is 3.16. The van der Waals surface area contributed by atoms with Gasteiger partial charge in [-0.15, -0.1) is 10.2 Å². The van der Waals surface area contributed by atoms with Crippen LogP contribution in [0, 0.1) is 6.92 Å². The molecular formula is C16H18N6OS. The van der Waals surface area contributed by atoms with Crippen LogP contribution in [0.2, 0.25) is 0 Å². The van der Waals surface area contributed by atoms with E-state index in [-0.39, 0.29) is 5.91 Å². The molecule has 0 bridgehead atoms. The van der Waals surface area contributed by atoms with Crippen LogP contribution in [-0.2, 0) is 6.54 Å². The molecule has 4 rings (SSSR count). The van der Waals surface area contributed by atoms with Crippen molar-refractivity contribution in [3.8, 4) is 0 Å². The molecule has 0 aliphatic heterocycles. The van der Waals surface area contributed by atoms with Gasteiger partial charge in [0, 0.05) is 12.2 Å². The fraction of sp³-hybridized carbons (Fsp3) is 0.438. The van der Waals surface area contributed by atoms with Gasteiger partial charge in [0.25, 0.3) is 5.91 Å². The van der Waals surface area contributed by atoms with Crippen molar-refractivity contribution >= 4 is 28.4 Å². The standard InChI is InChI=1S/C16H18N6OS/c1-10-20-21-14(24-10)8-18-16(23)11-6-13-15(17-7-11)22(9-19-13)12-4-2-3-5-12/h6-7,9,12H,2-5,8H2,1H3,(H,18,23). The number of rotatable bonds is 4. The minimum absolute atomic E-state index is 0.173. The monoisotopic (exact) mass is 342 g/mol. The zero-order valence-electron chi connectivity index (χ0n) is 13.4. The average molecular weight is 342 g/mol. The quantitative estimate of drug-likeness (QED) is 0.788. The Kier molecular flexibility index (Phi) is 3.97. The third kappa shape index (κ3) is 2.89. The van der Waals surface area contributed by atoms with Crippen molar-refractivity contribution in [1.29, 1.82) is 0 Å². The van der Waals surface area contributed by atoms with Crippen LogP contribution in [0.3, 0.4) is 0 Å². The summed E-state index contributed by atoms with van der Waals surface area (Å²) in [5.41, 5.74) is 2.14. The van der Waals surface area contributed by atoms with E-state index in [0.29, 0.717) is 18.2 Å². The van der Waals surface area contributed by atoms with Crippen molar-refractivity contribution in [2.75, 3.05) is 0 Å². The third-order valence-corrected chi connectivity index (χ3v) is 5.20. The Morgan fingerprint density at radius 2 is 2.17 bits per heavy atom. The second-order valence-corrected chi connectivity index (χ2v) is 7.32. The Balaban J connectivity index is 1.51. The fourth-order valence-corrected chi connectivity index (χ4v) is 3.81. The van der Waals surface area contributed by atoms with Crippen molar-refractivity contribution in [1.82, 2.24) is 30.0 Å². The van der Waals surface area contributed by atoms with Gasteiger partial charge in [-0.3, -0.25) is 4.79 Å². The third-order valence-electron chi connectivity index (χ3n) is 4.36. The van der Waals surface area contributed by atoms with E-state index in [2.05, 4.69) is 30.0 Å². The summed E-state index contributed by atoms with van der Waals surface area (Å²) < 4.78 is 2.15. The number of carbonyl (C=O) groups excluding carboxylic acids is 1. The van der Waals surface area contributed by atoms with Gasteiger partial charge in [-0.25, -0.2) is 9.97 Å². The summed E-state index contributed by atoms with van der Waals surface area (Å²) >= 11 is 1.48. The lowest BCUT2D eigenvalue weighted by molar-refractivity contribution is 0.0950. The predicted molar refractivity (Wildman–Crippen MR) is 90.8 cm³/mol. The summed E-state index contributed by atoms with van der Waals surface area (Å²) in [6.07, 6.45) is 8.34. The average Bonchev–Trinajstić information content (AvgIpc) is 3.32. The Hall–Kier alpha value is -2.35. The summed E-state index contributed by atoms with van der Waals surface area (Å²) in [6, 6.07) is 2.29. The minimum Gasteiger partial charge on any atom is -0.345 e. The molecule has 1 fully saturated rings. The molecule has 0 unspecified atom stereocenters. The SMILES string of the molecule is Cc1nnc(CNC(=O)c2cnc3c(c2)ncn3C2CCCC2)s1. The molecule has 3 aromatic heterocycles. The molecule has 3 heterocycles. The normalized spacial score (nSPS) is 15.2. The second-order valence-electron chi connectivity index (χ2n) is 6.05. The lowest BCUT2D eigenvalue weighted by Gasteiger charge is -2.11. The topological polar surface area (TPSA) is 85.6 Å². The van der Waals surface area contributed by atoms with Crippen LogP contribution in [0.15, 0.2) is 18.6 Å². The first-order valence-corrected chi connectivity index (χ1v) is 8.92. The van der Waals surface area contributed by atoms with E-state index in [1.54, 1.807) is 12.3 Å². The van der Waals surface area contributed by atoms with Crippen LogP contribution < -0.4 is 5.32 Å². The van der Waals surface area contributed by atoms with Crippen LogP contribution in [0.1, 0.15) is 52.1 Å². The molecule has 1 amide bonds. The van der Waals surface area contributed by atoms with Gasteiger partial charge < -0.3 is 9.88 Å². The van der Waals surface area contributed by atoms with E-state index in [1.807, 2.05) is 13.3 Å². The van der Waals surface area contributed by atoms with Crippen LogP contribution in [0.5, 0.6) is 0 Å². The lowest BCUT2D eigenvalue weighted by Crippen LogP contribution is -2.22. The van der Waals surface area contributed by atoms with Gasteiger partial charge in [0.2, 0.25) is 0 Å². The van der Waals surface area contributed by atoms with Crippen LogP contribution in [0.25, 0.3) is 11.2 Å². The number of aryl methyl sites for hydroxylation is 1. The first kappa shape index (κ1) is 15.2. The van der Waals surface area contributed by atoms with Crippen molar-refractivity contribution < 1.29 is 4.79 Å². The first-order valence-electron chi connectivity index (χ1n) is 8.10. The number of amides is 1. The molecule has 24 heavy (non-hydrogen) atoms. The highest BCUT2D eigenvalue weighted by Crippen LogP contribution is 2.31. The number of nitrogens with one attached hydrogen (secondary N) is 1. The van der Waals surface area contributed by atoms with Crippen LogP contribution >= 0.6 is 11.3 Å². The second kappa shape index (κ2) is 6.27. The van der Waals surface area contributed by atoms with E-state index in [9.17, 15) is 4.79 Å². The molecule has 0 radical (unpaired) electrons. The van der Waals surface area contributed by atoms with Gasteiger partial charge in [-0.1, -0.05) is 24.2 Å². The summed E-state index contributed by atoms with van der Waals surface area (Å²) in [5.74, 6) is -0.173. The number of pyridine rings is 1. The number of aromatic nitrogens is 5. The molecule has 0 saturated heterocycles. The number of carbonyl (C=O) groups is 1. The van der Waals surface area contributed by atoms with E-state index in [1.165, 1.54) is 37.0 Å². The Morgan fingerprint density at radius 3 is 2.92 bits per heavy atom. The Labute approximate surface area is 143 Å². The van der Waals surface area contributed by atoms with Gasteiger partial charge in [-0.2, -0.15) is 0 Å². The van der Waals surface area contributed by atoms with Crippen molar-refractivity contribution in [2.45, 2.75) is 45.2 Å². The number of hydrogen-bond donors (Lipinski definition) is 1. The highest BCUT2D eigenvalue weighted by atomic mass is 32.1. The molecule has 3 aromatic rings. The molecule has 1 saturated carbocycles. The first-order chi connectivity index (χ1) is 11.7. The molecule has 124 valence electrons. The van der Waals surface area contributed by atoms with Gasteiger partial charge in [0.1, 0.15) is 15.5 Å². The van der Waals surface area contributed by atoms with Crippen molar-refractivity contribution in [3.63, 3.8) is 0 Å². The van der Waals surface area contributed by atoms with E-state index >= 15 is 0 Å². The number of fused-ring (bicyclic) bond motifs is 1. The lowest BCUT2D eigenvalue weighted by atomic mass is 10.2. The molecule has 0 aromatic carbocycles. The van der Waals surface area contributed by atoms with Gasteiger partial charge >= 0.3 is 0 Å². The van der Waals surface area contributed by atoms with Crippen molar-refractivity contribution in [3.05, 3.63) is 34.2 Å². The molecule has 8 heteroatoms. The maximum absolute atomic E-state index is 12.3. The minimum atomic E-state index is -0.173. The van der Waals surface area contributed by atoms with E-state index in [0.717, 1.165) is 21.2 Å². The zero-order valence-corrected chi connectivity index (χ0v) is 14.2. The summed E-state index contributed by atoms with van der Waals surface area (Å²) in [4.78, 5) is 21.2. The highest BCUT2D eigenvalue weighted by Gasteiger charge is 2.20. The molecule has 7 nitrogen and oxygen atoms in total. The smallest absolute Gasteiger partial charge is 0.253 e. The molecule has 1 aliphatic rings.